The lowest BCUT2D eigenvalue weighted by atomic mass is 9.73. The van der Waals surface area contributed by atoms with E-state index in [-0.39, 0.29) is 5.41 Å². The fourth-order valence-corrected chi connectivity index (χ4v) is 5.23. The van der Waals surface area contributed by atoms with E-state index in [1.807, 2.05) is 18.2 Å². The van der Waals surface area contributed by atoms with Crippen LogP contribution in [-0.4, -0.2) is 63.8 Å². The number of hydrogen-bond acceptors (Lipinski definition) is 4. The second kappa shape index (κ2) is 6.92. The molecule has 0 spiro atoms. The molecular weight excluding hydrogens is 348 g/mol. The summed E-state index contributed by atoms with van der Waals surface area (Å²) in [5.41, 5.74) is 1.06. The topological polar surface area (TPSA) is 49.9 Å². The van der Waals surface area contributed by atoms with Gasteiger partial charge in [0.05, 0.1) is 12.9 Å². The van der Waals surface area contributed by atoms with Crippen molar-refractivity contribution in [2.75, 3.05) is 46.2 Å². The van der Waals surface area contributed by atoms with Gasteiger partial charge in [0.2, 0.25) is 10.0 Å². The number of hydrogen-bond donors (Lipinski definition) is 0. The number of sulfonamides is 1. The Hall–Kier alpha value is -0.660. The van der Waals surface area contributed by atoms with Gasteiger partial charge < -0.3 is 4.74 Å². The number of likely N-dealkylation sites (tertiary alicyclic amines) is 1. The van der Waals surface area contributed by atoms with Crippen molar-refractivity contribution in [3.8, 4) is 0 Å². The second-order valence-corrected chi connectivity index (χ2v) is 9.51. The Morgan fingerprint density at radius 1 is 1.33 bits per heavy atom. The van der Waals surface area contributed by atoms with E-state index in [1.54, 1.807) is 11.4 Å². The number of methoxy groups -OCH3 is 1. The monoisotopic (exact) mass is 372 g/mol. The zero-order valence-corrected chi connectivity index (χ0v) is 15.8. The van der Waals surface area contributed by atoms with Gasteiger partial charge in [0.15, 0.2) is 0 Å². The van der Waals surface area contributed by atoms with Gasteiger partial charge >= 0.3 is 0 Å². The summed E-state index contributed by atoms with van der Waals surface area (Å²) in [6, 6.07) is 7.90. The molecule has 0 amide bonds. The third kappa shape index (κ3) is 3.63. The van der Waals surface area contributed by atoms with Gasteiger partial charge in [0.1, 0.15) is 0 Å². The Kier molecular flexibility index (Phi) is 5.23. The first-order valence-electron chi connectivity index (χ1n) is 8.24. The molecule has 2 heterocycles. The normalized spacial score (nSPS) is 28.9. The number of piperidine rings is 1. The Balaban J connectivity index is 1.75. The fraction of sp³-hybridized carbons (Fsp3) is 0.647. The van der Waals surface area contributed by atoms with E-state index in [4.69, 9.17) is 16.3 Å². The molecule has 24 heavy (non-hydrogen) atoms. The van der Waals surface area contributed by atoms with Crippen molar-refractivity contribution < 1.29 is 13.2 Å². The Morgan fingerprint density at radius 3 is 2.75 bits per heavy atom. The van der Waals surface area contributed by atoms with Gasteiger partial charge in [0.25, 0.3) is 0 Å². The highest BCUT2D eigenvalue weighted by atomic mass is 35.5. The van der Waals surface area contributed by atoms with Crippen LogP contribution in [0.3, 0.4) is 0 Å². The third-order valence-corrected chi connectivity index (χ3v) is 7.02. The molecule has 1 aromatic rings. The van der Waals surface area contributed by atoms with E-state index in [0.717, 1.165) is 36.6 Å². The minimum Gasteiger partial charge on any atom is -0.384 e. The molecule has 0 aromatic heterocycles. The summed E-state index contributed by atoms with van der Waals surface area (Å²) in [7, 11) is -1.46. The van der Waals surface area contributed by atoms with Gasteiger partial charge in [-0.1, -0.05) is 29.8 Å². The number of halogens is 1. The molecule has 1 aromatic carbocycles. The average Bonchev–Trinajstić information content (AvgIpc) is 2.89. The lowest BCUT2D eigenvalue weighted by Crippen LogP contribution is -2.48. The molecule has 2 fully saturated rings. The second-order valence-electron chi connectivity index (χ2n) is 7.12. The van der Waals surface area contributed by atoms with E-state index in [9.17, 15) is 8.42 Å². The van der Waals surface area contributed by atoms with E-state index in [0.29, 0.717) is 25.6 Å². The van der Waals surface area contributed by atoms with Gasteiger partial charge in [-0.25, -0.2) is 12.7 Å². The van der Waals surface area contributed by atoms with Crippen LogP contribution in [0.25, 0.3) is 0 Å². The first-order chi connectivity index (χ1) is 11.3. The predicted molar refractivity (Wildman–Crippen MR) is 95.6 cm³/mol. The summed E-state index contributed by atoms with van der Waals surface area (Å²) < 4.78 is 31.1. The molecule has 2 saturated heterocycles. The van der Waals surface area contributed by atoms with E-state index >= 15 is 0 Å². The maximum atomic E-state index is 12.0. The van der Waals surface area contributed by atoms with Crippen molar-refractivity contribution in [3.05, 3.63) is 34.9 Å². The van der Waals surface area contributed by atoms with Crippen LogP contribution in [0.5, 0.6) is 0 Å². The summed E-state index contributed by atoms with van der Waals surface area (Å²) in [6.45, 7) is 4.39. The van der Waals surface area contributed by atoms with E-state index in [1.165, 1.54) is 6.26 Å². The van der Waals surface area contributed by atoms with Crippen molar-refractivity contribution in [2.45, 2.75) is 13.0 Å². The molecular formula is C17H25ClN2O3S. The summed E-state index contributed by atoms with van der Waals surface area (Å²) in [6.07, 6.45) is 2.24. The fourth-order valence-electron chi connectivity index (χ4n) is 4.09. The number of nitrogens with zero attached hydrogens (tertiary/aromatic N) is 2. The molecule has 0 N–H and O–H groups in total. The van der Waals surface area contributed by atoms with E-state index < -0.39 is 10.0 Å². The lowest BCUT2D eigenvalue weighted by molar-refractivity contribution is -0.00107. The Labute approximate surface area is 149 Å². The highest BCUT2D eigenvalue weighted by molar-refractivity contribution is 7.88. The van der Waals surface area contributed by atoms with Gasteiger partial charge in [-0.05, 0) is 30.5 Å². The molecule has 0 saturated carbocycles. The van der Waals surface area contributed by atoms with Crippen LogP contribution in [0.1, 0.15) is 12.0 Å². The molecule has 5 nitrogen and oxygen atoms in total. The molecule has 0 bridgehead atoms. The van der Waals surface area contributed by atoms with Crippen LogP contribution in [0, 0.1) is 11.3 Å². The zero-order valence-electron chi connectivity index (χ0n) is 14.2. The molecule has 7 heteroatoms. The van der Waals surface area contributed by atoms with Crippen LogP contribution in [0.4, 0.5) is 0 Å². The average molecular weight is 373 g/mol. The summed E-state index contributed by atoms with van der Waals surface area (Å²) in [4.78, 5) is 2.38. The molecule has 2 atom stereocenters. The number of ether oxygens (including phenoxy) is 1. The molecule has 2 unspecified atom stereocenters. The minimum absolute atomic E-state index is 0.0607. The summed E-state index contributed by atoms with van der Waals surface area (Å²) >= 11 is 6.28. The number of rotatable bonds is 5. The van der Waals surface area contributed by atoms with Gasteiger partial charge in [-0.3, -0.25) is 4.90 Å². The Morgan fingerprint density at radius 2 is 2.08 bits per heavy atom. The van der Waals surface area contributed by atoms with Crippen molar-refractivity contribution in [1.82, 2.24) is 9.21 Å². The van der Waals surface area contributed by atoms with Crippen LogP contribution < -0.4 is 0 Å². The van der Waals surface area contributed by atoms with Gasteiger partial charge in [0, 0.05) is 43.7 Å². The molecule has 0 radical (unpaired) electrons. The molecule has 2 aliphatic heterocycles. The quantitative estimate of drug-likeness (QED) is 0.794. The SMILES string of the molecule is COCC12CCN(Cc3ccccc3Cl)CC1CN(S(C)(=O)=O)C2. The molecule has 2 aliphatic rings. The smallest absolute Gasteiger partial charge is 0.211 e. The molecule has 3 rings (SSSR count). The van der Waals surface area contributed by atoms with Crippen molar-refractivity contribution >= 4 is 21.6 Å². The zero-order chi connectivity index (χ0) is 17.4. The first kappa shape index (κ1) is 18.1. The van der Waals surface area contributed by atoms with Gasteiger partial charge in [-0.2, -0.15) is 0 Å². The van der Waals surface area contributed by atoms with Crippen molar-refractivity contribution in [2.24, 2.45) is 11.3 Å². The maximum absolute atomic E-state index is 12.0. The van der Waals surface area contributed by atoms with Crippen molar-refractivity contribution in [1.29, 1.82) is 0 Å². The van der Waals surface area contributed by atoms with Crippen LogP contribution in [0.15, 0.2) is 24.3 Å². The molecule has 134 valence electrons. The van der Waals surface area contributed by atoms with Crippen LogP contribution in [-0.2, 0) is 21.3 Å². The summed E-state index contributed by atoms with van der Waals surface area (Å²) in [5.74, 6) is 0.295. The predicted octanol–water partition coefficient (Wildman–Crippen LogP) is 2.07. The van der Waals surface area contributed by atoms with Crippen LogP contribution in [0.2, 0.25) is 5.02 Å². The van der Waals surface area contributed by atoms with Crippen molar-refractivity contribution in [3.63, 3.8) is 0 Å². The largest absolute Gasteiger partial charge is 0.384 e. The number of benzene rings is 1. The maximum Gasteiger partial charge on any atom is 0.211 e. The lowest BCUT2D eigenvalue weighted by Gasteiger charge is -2.43. The molecule has 0 aliphatic carbocycles. The number of fused-ring (bicyclic) bond motifs is 1. The highest BCUT2D eigenvalue weighted by Gasteiger charge is 2.51. The highest BCUT2D eigenvalue weighted by Crippen LogP contribution is 2.44. The summed E-state index contributed by atoms with van der Waals surface area (Å²) in [5, 5.41) is 0.787. The van der Waals surface area contributed by atoms with Crippen LogP contribution >= 0.6 is 11.6 Å². The third-order valence-electron chi connectivity index (χ3n) is 5.44. The standard InChI is InChI=1S/C17H25ClN2O3S/c1-23-13-17-7-8-19(9-14-5-3-4-6-16(14)18)10-15(17)11-20(12-17)24(2,21)22/h3-6,15H,7-13H2,1-2H3. The van der Waals surface area contributed by atoms with E-state index in [2.05, 4.69) is 11.0 Å². The van der Waals surface area contributed by atoms with Gasteiger partial charge in [-0.15, -0.1) is 0 Å². The Bertz CT molecular complexity index is 697. The minimum atomic E-state index is -3.16. The first-order valence-corrected chi connectivity index (χ1v) is 10.5.